The number of esters is 1. The van der Waals surface area contributed by atoms with Gasteiger partial charge < -0.3 is 14.8 Å². The van der Waals surface area contributed by atoms with Gasteiger partial charge in [-0.05, 0) is 43.2 Å². The molecule has 0 unspecified atom stereocenters. The Kier molecular flexibility index (Phi) is 6.67. The number of carbonyl (C=O) groups is 2. The van der Waals surface area contributed by atoms with E-state index in [0.717, 1.165) is 11.1 Å². The summed E-state index contributed by atoms with van der Waals surface area (Å²) in [6.45, 7) is 3.05. The highest BCUT2D eigenvalue weighted by Gasteiger charge is 2.12. The molecule has 0 aliphatic carbocycles. The third kappa shape index (κ3) is 5.66. The number of carbonyl (C=O) groups excluding carboxylic acids is 2. The molecule has 0 fully saturated rings. The number of hydrogen-bond donors (Lipinski definition) is 1. The number of halogens is 2. The molecule has 0 spiro atoms. The summed E-state index contributed by atoms with van der Waals surface area (Å²) in [6.07, 6.45) is 0. The molecule has 1 amide bonds. The molecule has 0 atom stereocenters. The molecule has 7 heteroatoms. The Hall–Kier alpha value is -2.24. The van der Waals surface area contributed by atoms with Crippen LogP contribution in [0.15, 0.2) is 36.4 Å². The van der Waals surface area contributed by atoms with E-state index >= 15 is 0 Å². The Bertz CT molecular complexity index is 772. The number of aryl methyl sites for hydroxylation is 2. The SMILES string of the molecule is Cc1ccc(C)c(OCC(=O)OCC(=O)Nc2c(Cl)cccc2Cl)c1. The molecule has 25 heavy (non-hydrogen) atoms. The minimum Gasteiger partial charge on any atom is -0.482 e. The summed E-state index contributed by atoms with van der Waals surface area (Å²) in [5.74, 6) is -0.597. The maximum absolute atomic E-state index is 11.8. The van der Waals surface area contributed by atoms with Crippen molar-refractivity contribution in [3.8, 4) is 5.75 Å². The zero-order valence-corrected chi connectivity index (χ0v) is 15.3. The van der Waals surface area contributed by atoms with E-state index in [1.165, 1.54) is 0 Å². The molecule has 0 bridgehead atoms. The predicted molar refractivity (Wildman–Crippen MR) is 97.5 cm³/mol. The standard InChI is InChI=1S/C18H17Cl2NO4/c1-11-6-7-12(2)15(8-11)24-10-17(23)25-9-16(22)21-18-13(19)4-3-5-14(18)20/h3-8H,9-10H2,1-2H3,(H,21,22). The van der Waals surface area contributed by atoms with Crippen molar-refractivity contribution in [2.24, 2.45) is 0 Å². The van der Waals surface area contributed by atoms with Gasteiger partial charge in [0.25, 0.3) is 5.91 Å². The van der Waals surface area contributed by atoms with Crippen molar-refractivity contribution in [3.05, 3.63) is 57.6 Å². The molecule has 2 rings (SSSR count). The molecule has 5 nitrogen and oxygen atoms in total. The minimum absolute atomic E-state index is 0.276. The molecule has 2 aromatic carbocycles. The van der Waals surface area contributed by atoms with Crippen molar-refractivity contribution in [3.63, 3.8) is 0 Å². The van der Waals surface area contributed by atoms with E-state index < -0.39 is 18.5 Å². The molecule has 0 radical (unpaired) electrons. The lowest BCUT2D eigenvalue weighted by Crippen LogP contribution is -2.24. The van der Waals surface area contributed by atoms with Crippen molar-refractivity contribution in [2.45, 2.75) is 13.8 Å². The largest absolute Gasteiger partial charge is 0.482 e. The molecule has 0 saturated heterocycles. The van der Waals surface area contributed by atoms with Gasteiger partial charge >= 0.3 is 5.97 Å². The monoisotopic (exact) mass is 381 g/mol. The smallest absolute Gasteiger partial charge is 0.344 e. The molecule has 132 valence electrons. The molecule has 0 aliphatic rings. The number of rotatable bonds is 6. The Labute approximate surface area is 155 Å². The first-order chi connectivity index (χ1) is 11.9. The molecule has 0 aliphatic heterocycles. The van der Waals surface area contributed by atoms with E-state index in [2.05, 4.69) is 5.32 Å². The second kappa shape index (κ2) is 8.74. The van der Waals surface area contributed by atoms with Gasteiger partial charge in [-0.2, -0.15) is 0 Å². The average Bonchev–Trinajstić information content (AvgIpc) is 2.57. The van der Waals surface area contributed by atoms with E-state index in [0.29, 0.717) is 15.8 Å². The van der Waals surface area contributed by atoms with Crippen LogP contribution >= 0.6 is 23.2 Å². The van der Waals surface area contributed by atoms with Crippen LogP contribution in [0.25, 0.3) is 0 Å². The van der Waals surface area contributed by atoms with Crippen LogP contribution in [0.2, 0.25) is 10.0 Å². The molecule has 2 aromatic rings. The van der Waals surface area contributed by atoms with Gasteiger partial charge in [-0.15, -0.1) is 0 Å². The number of hydrogen-bond acceptors (Lipinski definition) is 4. The van der Waals surface area contributed by atoms with Gasteiger partial charge in [0.05, 0.1) is 15.7 Å². The van der Waals surface area contributed by atoms with Gasteiger partial charge in [-0.3, -0.25) is 4.79 Å². The molecule has 0 heterocycles. The van der Waals surface area contributed by atoms with Crippen LogP contribution in [0.4, 0.5) is 5.69 Å². The Morgan fingerprint density at radius 3 is 2.40 bits per heavy atom. The van der Waals surface area contributed by atoms with Crippen molar-refractivity contribution in [1.29, 1.82) is 0 Å². The van der Waals surface area contributed by atoms with E-state index in [1.807, 2.05) is 32.0 Å². The van der Waals surface area contributed by atoms with Crippen LogP contribution in [0.1, 0.15) is 11.1 Å². The van der Waals surface area contributed by atoms with Gasteiger partial charge in [0, 0.05) is 0 Å². The van der Waals surface area contributed by atoms with Crippen molar-refractivity contribution < 1.29 is 19.1 Å². The highest BCUT2D eigenvalue weighted by atomic mass is 35.5. The van der Waals surface area contributed by atoms with E-state index in [4.69, 9.17) is 32.7 Å². The summed E-state index contributed by atoms with van der Waals surface area (Å²) in [6, 6.07) is 10.5. The van der Waals surface area contributed by atoms with Crippen molar-refractivity contribution in [1.82, 2.24) is 0 Å². The van der Waals surface area contributed by atoms with Crippen LogP contribution in [0.3, 0.4) is 0 Å². The van der Waals surface area contributed by atoms with E-state index in [1.54, 1.807) is 18.2 Å². The molecule has 0 aromatic heterocycles. The second-order valence-corrected chi connectivity index (χ2v) is 6.18. The maximum atomic E-state index is 11.8. The third-order valence-corrected chi connectivity index (χ3v) is 3.91. The fraction of sp³-hybridized carbons (Fsp3) is 0.222. The van der Waals surface area contributed by atoms with E-state index in [9.17, 15) is 9.59 Å². The van der Waals surface area contributed by atoms with Gasteiger partial charge in [0.15, 0.2) is 13.2 Å². The maximum Gasteiger partial charge on any atom is 0.344 e. The zero-order chi connectivity index (χ0) is 18.4. The highest BCUT2D eigenvalue weighted by Crippen LogP contribution is 2.29. The van der Waals surface area contributed by atoms with Crippen LogP contribution in [0, 0.1) is 13.8 Å². The number of amides is 1. The normalized spacial score (nSPS) is 10.2. The summed E-state index contributed by atoms with van der Waals surface area (Å²) in [4.78, 5) is 23.6. The zero-order valence-electron chi connectivity index (χ0n) is 13.8. The molecule has 1 N–H and O–H groups in total. The highest BCUT2D eigenvalue weighted by molar-refractivity contribution is 6.39. The summed E-state index contributed by atoms with van der Waals surface area (Å²) < 4.78 is 10.3. The Morgan fingerprint density at radius 1 is 1.04 bits per heavy atom. The van der Waals surface area contributed by atoms with Crippen LogP contribution in [-0.4, -0.2) is 25.1 Å². The Balaban J connectivity index is 1.81. The first kappa shape index (κ1) is 19.1. The second-order valence-electron chi connectivity index (χ2n) is 5.36. The Morgan fingerprint density at radius 2 is 1.72 bits per heavy atom. The fourth-order valence-corrected chi connectivity index (χ4v) is 2.47. The van der Waals surface area contributed by atoms with Gasteiger partial charge in [-0.1, -0.05) is 41.4 Å². The van der Waals surface area contributed by atoms with Gasteiger partial charge in [-0.25, -0.2) is 4.79 Å². The van der Waals surface area contributed by atoms with Gasteiger partial charge in [0.1, 0.15) is 5.75 Å². The topological polar surface area (TPSA) is 64.6 Å². The predicted octanol–water partition coefficient (Wildman–Crippen LogP) is 4.17. The van der Waals surface area contributed by atoms with Crippen molar-refractivity contribution in [2.75, 3.05) is 18.5 Å². The average molecular weight is 382 g/mol. The number of para-hydroxylation sites is 1. The molecular formula is C18H17Cl2NO4. The van der Waals surface area contributed by atoms with E-state index in [-0.39, 0.29) is 12.3 Å². The lowest BCUT2D eigenvalue weighted by Gasteiger charge is -2.11. The summed E-state index contributed by atoms with van der Waals surface area (Å²) >= 11 is 11.9. The van der Waals surface area contributed by atoms with Crippen LogP contribution in [-0.2, 0) is 14.3 Å². The number of anilines is 1. The van der Waals surface area contributed by atoms with Gasteiger partial charge in [0.2, 0.25) is 0 Å². The number of benzene rings is 2. The molecule has 0 saturated carbocycles. The fourth-order valence-electron chi connectivity index (χ4n) is 1.98. The van der Waals surface area contributed by atoms with Crippen LogP contribution in [0.5, 0.6) is 5.75 Å². The number of nitrogens with one attached hydrogen (secondary N) is 1. The van der Waals surface area contributed by atoms with Crippen LogP contribution < -0.4 is 10.1 Å². The number of ether oxygens (including phenoxy) is 2. The first-order valence-corrected chi connectivity index (χ1v) is 8.22. The van der Waals surface area contributed by atoms with Crippen molar-refractivity contribution >= 4 is 40.8 Å². The summed E-state index contributed by atoms with van der Waals surface area (Å²) in [5.41, 5.74) is 2.20. The lowest BCUT2D eigenvalue weighted by molar-refractivity contribution is -0.149. The first-order valence-electron chi connectivity index (χ1n) is 7.46. The quantitative estimate of drug-likeness (QED) is 0.762. The minimum atomic E-state index is -0.652. The lowest BCUT2D eigenvalue weighted by atomic mass is 10.1. The molecular weight excluding hydrogens is 365 g/mol. The summed E-state index contributed by atoms with van der Waals surface area (Å²) in [7, 11) is 0. The summed E-state index contributed by atoms with van der Waals surface area (Å²) in [5, 5.41) is 3.10. The third-order valence-electron chi connectivity index (χ3n) is 3.28.